The van der Waals surface area contributed by atoms with E-state index in [9.17, 15) is 23.9 Å². The van der Waals surface area contributed by atoms with E-state index in [1.165, 1.54) is 13.2 Å². The average molecular weight is 553 g/mol. The second-order valence-corrected chi connectivity index (χ2v) is 11.4. The number of amides is 2. The molecule has 9 heteroatoms. The van der Waals surface area contributed by atoms with Gasteiger partial charge in [0.05, 0.1) is 35.5 Å². The van der Waals surface area contributed by atoms with Gasteiger partial charge in [-0.2, -0.15) is 0 Å². The summed E-state index contributed by atoms with van der Waals surface area (Å²) < 4.78 is 26.1. The summed E-state index contributed by atoms with van der Waals surface area (Å²) >= 11 is 0. The van der Waals surface area contributed by atoms with Gasteiger partial charge >= 0.3 is 5.97 Å². The van der Waals surface area contributed by atoms with Gasteiger partial charge in [-0.15, -0.1) is 0 Å². The van der Waals surface area contributed by atoms with Gasteiger partial charge in [-0.05, 0) is 69.1 Å². The van der Waals surface area contributed by atoms with Gasteiger partial charge in [0, 0.05) is 12.6 Å². The fourth-order valence-corrected chi connectivity index (χ4v) is 5.17. The summed E-state index contributed by atoms with van der Waals surface area (Å²) in [5.74, 6) is -2.56. The van der Waals surface area contributed by atoms with Crippen molar-refractivity contribution in [3.05, 3.63) is 71.2 Å². The molecule has 0 atom stereocenters. The Kier molecular flexibility index (Phi) is 8.81. The summed E-state index contributed by atoms with van der Waals surface area (Å²) in [6, 6.07) is 2.38. The first kappa shape index (κ1) is 29.1. The molecule has 0 unspecified atom stereocenters. The third kappa shape index (κ3) is 6.63. The van der Waals surface area contributed by atoms with E-state index in [2.05, 4.69) is 17.6 Å². The van der Waals surface area contributed by atoms with Crippen LogP contribution >= 0.6 is 0 Å². The van der Waals surface area contributed by atoms with E-state index in [-0.39, 0.29) is 45.8 Å². The number of hydrogen-bond donors (Lipinski definition) is 3. The van der Waals surface area contributed by atoms with E-state index in [0.29, 0.717) is 32.2 Å². The summed E-state index contributed by atoms with van der Waals surface area (Å²) in [7, 11) is 1.34. The third-order valence-corrected chi connectivity index (χ3v) is 8.22. The zero-order chi connectivity index (χ0) is 28.9. The van der Waals surface area contributed by atoms with Gasteiger partial charge in [-0.3, -0.25) is 14.4 Å². The van der Waals surface area contributed by atoms with Gasteiger partial charge in [0.15, 0.2) is 11.6 Å². The van der Waals surface area contributed by atoms with Crippen LogP contribution in [0.1, 0.15) is 69.2 Å². The molecule has 0 radical (unpaired) electrons. The van der Waals surface area contributed by atoms with Crippen molar-refractivity contribution in [3.8, 4) is 11.5 Å². The van der Waals surface area contributed by atoms with E-state index < -0.39 is 23.1 Å². The van der Waals surface area contributed by atoms with E-state index in [1.807, 2.05) is 0 Å². The first-order chi connectivity index (χ1) is 19.0. The highest BCUT2D eigenvalue weighted by Gasteiger charge is 2.38. The molecule has 8 nitrogen and oxygen atoms in total. The smallest absolute Gasteiger partial charge is 0.309 e. The first-order valence-electron chi connectivity index (χ1n) is 13.7. The zero-order valence-electron chi connectivity index (χ0n) is 23.2. The predicted octanol–water partition coefficient (Wildman–Crippen LogP) is 5.22. The van der Waals surface area contributed by atoms with Crippen molar-refractivity contribution in [1.29, 1.82) is 0 Å². The molecule has 1 aromatic rings. The van der Waals surface area contributed by atoms with Crippen molar-refractivity contribution >= 4 is 17.8 Å². The van der Waals surface area contributed by atoms with Crippen LogP contribution in [0.15, 0.2) is 59.9 Å². The lowest BCUT2D eigenvalue weighted by molar-refractivity contribution is -0.150. The number of hydrogen-bond acceptors (Lipinski definition) is 5. The van der Waals surface area contributed by atoms with E-state index in [0.717, 1.165) is 25.3 Å². The van der Waals surface area contributed by atoms with Crippen molar-refractivity contribution in [3.63, 3.8) is 0 Å². The molecule has 1 aromatic carbocycles. The monoisotopic (exact) mass is 552 g/mol. The highest BCUT2D eigenvalue weighted by molar-refractivity contribution is 6.03. The molecule has 4 rings (SSSR count). The highest BCUT2D eigenvalue weighted by Crippen LogP contribution is 2.40. The molecule has 214 valence electrons. The minimum Gasteiger partial charge on any atom is -0.496 e. The maximum atomic E-state index is 14.9. The Labute approximate surface area is 234 Å². The SMILES string of the molecule is COc1cc(F)c(OC2CCC(C)(C(=O)O)CC2)cc1C(=O)NC1=C/C=C\C=C/C=C\1C(=O)NCC1(C)CCC1. The Morgan fingerprint density at radius 3 is 2.25 bits per heavy atom. The molecule has 0 bridgehead atoms. The minimum absolute atomic E-state index is 0.0132. The van der Waals surface area contributed by atoms with Gasteiger partial charge in [0.1, 0.15) is 5.75 Å². The maximum Gasteiger partial charge on any atom is 0.309 e. The average Bonchev–Trinajstić information content (AvgIpc) is 2.89. The molecule has 2 fully saturated rings. The van der Waals surface area contributed by atoms with Crippen LogP contribution in [-0.4, -0.2) is 42.6 Å². The molecular formula is C31H37FN2O6. The largest absolute Gasteiger partial charge is 0.496 e. The van der Waals surface area contributed by atoms with Crippen molar-refractivity contribution in [2.75, 3.05) is 13.7 Å². The number of aliphatic carboxylic acids is 1. The summed E-state index contributed by atoms with van der Waals surface area (Å²) in [5, 5.41) is 15.3. The van der Waals surface area contributed by atoms with Crippen LogP contribution in [0.5, 0.6) is 11.5 Å². The molecular weight excluding hydrogens is 515 g/mol. The van der Waals surface area contributed by atoms with Crippen LogP contribution in [0.25, 0.3) is 0 Å². The molecule has 3 N–H and O–H groups in total. The fraction of sp³-hybridized carbons (Fsp3) is 0.452. The minimum atomic E-state index is -0.853. The molecule has 40 heavy (non-hydrogen) atoms. The summed E-state index contributed by atoms with van der Waals surface area (Å²) in [6.45, 7) is 4.39. The summed E-state index contributed by atoms with van der Waals surface area (Å²) in [6.07, 6.45) is 14.9. The highest BCUT2D eigenvalue weighted by atomic mass is 19.1. The Hall–Kier alpha value is -3.88. The lowest BCUT2D eigenvalue weighted by Crippen LogP contribution is -2.41. The van der Waals surface area contributed by atoms with Crippen LogP contribution in [0.4, 0.5) is 4.39 Å². The summed E-state index contributed by atoms with van der Waals surface area (Å²) in [4.78, 5) is 38.2. The zero-order valence-corrected chi connectivity index (χ0v) is 23.2. The molecule has 0 spiro atoms. The number of halogens is 1. The molecule has 0 aromatic heterocycles. The van der Waals surface area contributed by atoms with Crippen molar-refractivity contribution in [2.45, 2.75) is 64.9 Å². The Bertz CT molecular complexity index is 1280. The van der Waals surface area contributed by atoms with Crippen molar-refractivity contribution < 1.29 is 33.4 Å². The third-order valence-electron chi connectivity index (χ3n) is 8.22. The number of carbonyl (C=O) groups excluding carboxylic acids is 2. The molecule has 0 aliphatic heterocycles. The fourth-order valence-electron chi connectivity index (χ4n) is 5.17. The molecule has 3 aliphatic rings. The maximum absolute atomic E-state index is 14.9. The first-order valence-corrected chi connectivity index (χ1v) is 13.7. The Balaban J connectivity index is 1.51. The Morgan fingerprint density at radius 2 is 1.65 bits per heavy atom. The number of benzene rings is 1. The van der Waals surface area contributed by atoms with E-state index >= 15 is 0 Å². The van der Waals surface area contributed by atoms with Crippen LogP contribution in [-0.2, 0) is 9.59 Å². The number of carbonyl (C=O) groups is 3. The Morgan fingerprint density at radius 1 is 0.975 bits per heavy atom. The number of nitrogens with one attached hydrogen (secondary N) is 2. The molecule has 3 aliphatic carbocycles. The number of rotatable bonds is 9. The quantitative estimate of drug-likeness (QED) is 0.387. The standard InChI is InChI=1S/C31H37FN2O6/c1-30(13-8-14-30)19-33-27(35)21-9-6-4-5-7-10-24(21)34-28(36)22-17-26(23(32)18-25(22)39-3)40-20-11-15-31(2,16-12-20)29(37)38/h4-7,9-10,17-18,20H,8,11-16,19H2,1-3H3,(H,33,35)(H,34,36)(H,37,38)/b5-4?,6-4-,7-5-,9-6?,10-7?,21-9+,24-10+,24-21?. The lowest BCUT2D eigenvalue weighted by Gasteiger charge is -2.38. The number of carboxylic acid groups (broad SMARTS) is 1. The van der Waals surface area contributed by atoms with Crippen molar-refractivity contribution in [1.82, 2.24) is 10.6 Å². The van der Waals surface area contributed by atoms with Gasteiger partial charge < -0.3 is 25.2 Å². The molecule has 0 saturated heterocycles. The number of allylic oxidation sites excluding steroid dienone is 6. The van der Waals surface area contributed by atoms with Crippen molar-refractivity contribution in [2.24, 2.45) is 10.8 Å². The number of ether oxygens (including phenoxy) is 2. The van der Waals surface area contributed by atoms with Gasteiger partial charge in [-0.25, -0.2) is 4.39 Å². The lowest BCUT2D eigenvalue weighted by atomic mass is 9.70. The van der Waals surface area contributed by atoms with E-state index in [1.54, 1.807) is 43.4 Å². The second-order valence-electron chi connectivity index (χ2n) is 11.4. The molecule has 2 amide bonds. The van der Waals surface area contributed by atoms with E-state index in [4.69, 9.17) is 9.47 Å². The summed E-state index contributed by atoms with van der Waals surface area (Å²) in [5.41, 5.74) is -0.127. The predicted molar refractivity (Wildman–Crippen MR) is 148 cm³/mol. The second kappa shape index (κ2) is 12.1. The van der Waals surface area contributed by atoms with Crippen LogP contribution < -0.4 is 20.1 Å². The molecule has 2 saturated carbocycles. The number of carboxylic acids is 1. The van der Waals surface area contributed by atoms with Crippen LogP contribution in [0, 0.1) is 16.6 Å². The van der Waals surface area contributed by atoms with Gasteiger partial charge in [0.2, 0.25) is 0 Å². The van der Waals surface area contributed by atoms with Gasteiger partial charge in [-0.1, -0.05) is 37.6 Å². The number of methoxy groups -OCH3 is 1. The van der Waals surface area contributed by atoms with Gasteiger partial charge in [0.25, 0.3) is 11.8 Å². The topological polar surface area (TPSA) is 114 Å². The normalized spacial score (nSPS) is 27.6. The molecule has 0 heterocycles. The van der Waals surface area contributed by atoms with Crippen LogP contribution in [0.2, 0.25) is 0 Å². The van der Waals surface area contributed by atoms with Crippen LogP contribution in [0.3, 0.4) is 0 Å².